The quantitative estimate of drug-likeness (QED) is 0.900. The molecule has 0 unspecified atom stereocenters. The first kappa shape index (κ1) is 12.5. The summed E-state index contributed by atoms with van der Waals surface area (Å²) in [5.41, 5.74) is 1.78. The van der Waals surface area contributed by atoms with Crippen LogP contribution >= 0.6 is 23.2 Å². The number of aryl methyl sites for hydroxylation is 1. The molecule has 0 amide bonds. The van der Waals surface area contributed by atoms with E-state index in [1.807, 2.05) is 38.2 Å². The third-order valence-electron chi connectivity index (χ3n) is 2.53. The van der Waals surface area contributed by atoms with E-state index in [0.717, 1.165) is 22.6 Å². The minimum atomic E-state index is 0.650. The summed E-state index contributed by atoms with van der Waals surface area (Å²) in [6.07, 6.45) is 0. The molecule has 1 aromatic carbocycles. The van der Waals surface area contributed by atoms with Gasteiger partial charge in [-0.15, -0.1) is 0 Å². The van der Waals surface area contributed by atoms with Crippen molar-refractivity contribution < 1.29 is 4.42 Å². The Bertz CT molecular complexity index is 534. The SMILES string of the molecule is CNCc1ccc(-c2cc(Cl)c(C)cc2Cl)o1. The number of halogens is 2. The number of benzene rings is 1. The molecule has 0 spiro atoms. The fourth-order valence-electron chi connectivity index (χ4n) is 1.63. The van der Waals surface area contributed by atoms with Crippen molar-refractivity contribution in [2.24, 2.45) is 0 Å². The standard InChI is InChI=1S/C13H13Cl2NO/c1-8-5-12(15)10(6-11(8)14)13-4-3-9(17-13)7-16-2/h3-6,16H,7H2,1-2H3. The maximum absolute atomic E-state index is 6.19. The van der Waals surface area contributed by atoms with Crippen molar-refractivity contribution in [1.82, 2.24) is 5.32 Å². The predicted octanol–water partition coefficient (Wildman–Crippen LogP) is 4.28. The van der Waals surface area contributed by atoms with Gasteiger partial charge in [0.05, 0.1) is 11.6 Å². The number of furan rings is 1. The summed E-state index contributed by atoms with van der Waals surface area (Å²) in [6.45, 7) is 2.61. The van der Waals surface area contributed by atoms with E-state index in [2.05, 4.69) is 5.32 Å². The van der Waals surface area contributed by atoms with E-state index in [1.54, 1.807) is 0 Å². The second kappa shape index (κ2) is 5.13. The Balaban J connectivity index is 2.41. The highest BCUT2D eigenvalue weighted by Crippen LogP contribution is 2.33. The molecule has 1 aromatic heterocycles. The van der Waals surface area contributed by atoms with Gasteiger partial charge in [0.15, 0.2) is 0 Å². The van der Waals surface area contributed by atoms with E-state index >= 15 is 0 Å². The molecule has 0 aliphatic rings. The summed E-state index contributed by atoms with van der Waals surface area (Å²) in [5.74, 6) is 1.61. The van der Waals surface area contributed by atoms with E-state index in [0.29, 0.717) is 16.6 Å². The zero-order valence-electron chi connectivity index (χ0n) is 9.68. The molecule has 0 fully saturated rings. The summed E-state index contributed by atoms with van der Waals surface area (Å²) in [7, 11) is 1.87. The molecule has 2 aromatic rings. The Morgan fingerprint density at radius 2 is 1.94 bits per heavy atom. The molecule has 2 rings (SSSR count). The first-order chi connectivity index (χ1) is 8.11. The van der Waals surface area contributed by atoms with Crippen LogP contribution in [0.2, 0.25) is 10.0 Å². The van der Waals surface area contributed by atoms with Crippen molar-refractivity contribution in [3.63, 3.8) is 0 Å². The van der Waals surface area contributed by atoms with Crippen LogP contribution in [0.25, 0.3) is 11.3 Å². The third-order valence-corrected chi connectivity index (χ3v) is 3.25. The molecular formula is C13H13Cl2NO. The molecule has 0 saturated carbocycles. The van der Waals surface area contributed by atoms with E-state index in [4.69, 9.17) is 27.6 Å². The maximum Gasteiger partial charge on any atom is 0.135 e. The van der Waals surface area contributed by atoms with Crippen LogP contribution in [0.4, 0.5) is 0 Å². The molecule has 0 atom stereocenters. The van der Waals surface area contributed by atoms with Crippen LogP contribution in [0.5, 0.6) is 0 Å². The summed E-state index contributed by atoms with van der Waals surface area (Å²) in [4.78, 5) is 0. The van der Waals surface area contributed by atoms with Crippen molar-refractivity contribution in [3.8, 4) is 11.3 Å². The van der Waals surface area contributed by atoms with Gasteiger partial charge in [-0.25, -0.2) is 0 Å². The normalized spacial score (nSPS) is 10.8. The molecule has 1 heterocycles. The lowest BCUT2D eigenvalue weighted by Crippen LogP contribution is -2.03. The molecule has 0 aliphatic carbocycles. The van der Waals surface area contributed by atoms with Crippen LogP contribution in [0, 0.1) is 6.92 Å². The molecule has 1 N–H and O–H groups in total. The van der Waals surface area contributed by atoms with Crippen molar-refractivity contribution >= 4 is 23.2 Å². The van der Waals surface area contributed by atoms with Crippen LogP contribution in [0.3, 0.4) is 0 Å². The fraction of sp³-hybridized carbons (Fsp3) is 0.231. The Hall–Kier alpha value is -0.960. The van der Waals surface area contributed by atoms with Gasteiger partial charge in [0.2, 0.25) is 0 Å². The molecule has 4 heteroatoms. The monoisotopic (exact) mass is 269 g/mol. The van der Waals surface area contributed by atoms with Gasteiger partial charge in [0, 0.05) is 10.6 Å². The lowest BCUT2D eigenvalue weighted by Gasteiger charge is -2.04. The van der Waals surface area contributed by atoms with Gasteiger partial charge in [0.1, 0.15) is 11.5 Å². The predicted molar refractivity (Wildman–Crippen MR) is 71.7 cm³/mol. The second-order valence-corrected chi connectivity index (χ2v) is 4.69. The minimum Gasteiger partial charge on any atom is -0.460 e. The van der Waals surface area contributed by atoms with E-state index in [9.17, 15) is 0 Å². The second-order valence-electron chi connectivity index (χ2n) is 3.88. The summed E-state index contributed by atoms with van der Waals surface area (Å²) >= 11 is 12.3. The minimum absolute atomic E-state index is 0.650. The molecule has 0 radical (unpaired) electrons. The third kappa shape index (κ3) is 2.65. The number of rotatable bonds is 3. The summed E-state index contributed by atoms with van der Waals surface area (Å²) < 4.78 is 5.68. The van der Waals surface area contributed by atoms with Crippen LogP contribution in [0.1, 0.15) is 11.3 Å². The van der Waals surface area contributed by atoms with Gasteiger partial charge in [-0.05, 0) is 43.8 Å². The molecule has 90 valence electrons. The van der Waals surface area contributed by atoms with Crippen LogP contribution in [-0.4, -0.2) is 7.05 Å². The first-order valence-electron chi connectivity index (χ1n) is 5.31. The van der Waals surface area contributed by atoms with Crippen LogP contribution in [0.15, 0.2) is 28.7 Å². The number of nitrogens with one attached hydrogen (secondary N) is 1. The van der Waals surface area contributed by atoms with Crippen molar-refractivity contribution in [2.75, 3.05) is 7.05 Å². The topological polar surface area (TPSA) is 25.2 Å². The average Bonchev–Trinajstić information content (AvgIpc) is 2.72. The molecule has 0 saturated heterocycles. The Morgan fingerprint density at radius 3 is 2.65 bits per heavy atom. The largest absolute Gasteiger partial charge is 0.460 e. The first-order valence-corrected chi connectivity index (χ1v) is 6.06. The average molecular weight is 270 g/mol. The Labute approximate surface area is 111 Å². The van der Waals surface area contributed by atoms with Crippen LogP contribution < -0.4 is 5.32 Å². The zero-order valence-corrected chi connectivity index (χ0v) is 11.2. The van der Waals surface area contributed by atoms with Crippen molar-refractivity contribution in [3.05, 3.63) is 45.6 Å². The highest BCUT2D eigenvalue weighted by molar-refractivity contribution is 6.35. The smallest absolute Gasteiger partial charge is 0.135 e. The molecule has 0 aliphatic heterocycles. The maximum atomic E-state index is 6.19. The molecule has 2 nitrogen and oxygen atoms in total. The molecule has 17 heavy (non-hydrogen) atoms. The van der Waals surface area contributed by atoms with Gasteiger partial charge >= 0.3 is 0 Å². The molecular weight excluding hydrogens is 257 g/mol. The number of hydrogen-bond donors (Lipinski definition) is 1. The zero-order chi connectivity index (χ0) is 12.4. The lowest BCUT2D eigenvalue weighted by atomic mass is 10.1. The highest BCUT2D eigenvalue weighted by atomic mass is 35.5. The highest BCUT2D eigenvalue weighted by Gasteiger charge is 2.10. The summed E-state index contributed by atoms with van der Waals surface area (Å²) in [6, 6.07) is 7.51. The van der Waals surface area contributed by atoms with Gasteiger partial charge < -0.3 is 9.73 Å². The van der Waals surface area contributed by atoms with Crippen LogP contribution in [-0.2, 0) is 6.54 Å². The Morgan fingerprint density at radius 1 is 1.18 bits per heavy atom. The van der Waals surface area contributed by atoms with E-state index in [1.165, 1.54) is 0 Å². The number of hydrogen-bond acceptors (Lipinski definition) is 2. The van der Waals surface area contributed by atoms with Gasteiger partial charge in [-0.1, -0.05) is 23.2 Å². The van der Waals surface area contributed by atoms with Gasteiger partial charge in [-0.3, -0.25) is 0 Å². The Kier molecular flexibility index (Phi) is 3.77. The molecule has 0 bridgehead atoms. The van der Waals surface area contributed by atoms with E-state index in [-0.39, 0.29) is 0 Å². The van der Waals surface area contributed by atoms with Crippen molar-refractivity contribution in [2.45, 2.75) is 13.5 Å². The summed E-state index contributed by atoms with van der Waals surface area (Å²) in [5, 5.41) is 4.37. The van der Waals surface area contributed by atoms with Gasteiger partial charge in [0.25, 0.3) is 0 Å². The lowest BCUT2D eigenvalue weighted by molar-refractivity contribution is 0.507. The van der Waals surface area contributed by atoms with Gasteiger partial charge in [-0.2, -0.15) is 0 Å². The van der Waals surface area contributed by atoms with E-state index < -0.39 is 0 Å². The fourth-order valence-corrected chi connectivity index (χ4v) is 2.10. The van der Waals surface area contributed by atoms with Crippen molar-refractivity contribution in [1.29, 1.82) is 0 Å².